The standard InChI is InChI=1S/C20H24ClN3S/c1-15-7-5-10-19(16(15)2)22-20(25)24-12-6-11-23(14-24)13-17-8-3-4-9-18(17)21/h3-5,7-10H,6,11-14H2,1-2H3,(H,22,25)/p+1. The summed E-state index contributed by atoms with van der Waals surface area (Å²) in [4.78, 5) is 3.76. The SMILES string of the molecule is Cc1cccc(NC(=S)N2CCC[NH+](Cc3ccccc3Cl)C2)c1C. The Balaban J connectivity index is 1.63. The zero-order valence-electron chi connectivity index (χ0n) is 14.8. The Morgan fingerprint density at radius 1 is 1.20 bits per heavy atom. The molecule has 1 unspecified atom stereocenters. The van der Waals surface area contributed by atoms with E-state index in [1.165, 1.54) is 21.6 Å². The quantitative estimate of drug-likeness (QED) is 0.803. The summed E-state index contributed by atoms with van der Waals surface area (Å²) in [5.41, 5.74) is 4.83. The highest BCUT2D eigenvalue weighted by atomic mass is 35.5. The van der Waals surface area contributed by atoms with Crippen molar-refractivity contribution in [2.24, 2.45) is 0 Å². The maximum Gasteiger partial charge on any atom is 0.177 e. The molecule has 0 aromatic heterocycles. The van der Waals surface area contributed by atoms with Crippen LogP contribution in [0.5, 0.6) is 0 Å². The molecule has 0 spiro atoms. The van der Waals surface area contributed by atoms with Gasteiger partial charge in [0.1, 0.15) is 6.54 Å². The van der Waals surface area contributed by atoms with Crippen molar-refractivity contribution < 1.29 is 4.90 Å². The van der Waals surface area contributed by atoms with Crippen LogP contribution in [0.15, 0.2) is 42.5 Å². The summed E-state index contributed by atoms with van der Waals surface area (Å²) in [5.74, 6) is 0. The fraction of sp³-hybridized carbons (Fsp3) is 0.350. The molecular formula is C20H25ClN3S+. The molecule has 3 nitrogen and oxygen atoms in total. The Morgan fingerprint density at radius 2 is 2.00 bits per heavy atom. The lowest BCUT2D eigenvalue weighted by molar-refractivity contribution is -0.927. The molecule has 2 N–H and O–H groups in total. The maximum atomic E-state index is 6.32. The first-order chi connectivity index (χ1) is 12.0. The van der Waals surface area contributed by atoms with Crippen LogP contribution in [0, 0.1) is 13.8 Å². The van der Waals surface area contributed by atoms with Crippen LogP contribution in [0.3, 0.4) is 0 Å². The van der Waals surface area contributed by atoms with Crippen LogP contribution < -0.4 is 10.2 Å². The summed E-state index contributed by atoms with van der Waals surface area (Å²) in [6.45, 7) is 8.24. The smallest absolute Gasteiger partial charge is 0.177 e. The molecule has 0 bridgehead atoms. The third-order valence-electron chi connectivity index (χ3n) is 4.90. The van der Waals surface area contributed by atoms with Crippen LogP contribution in [0.2, 0.25) is 5.02 Å². The van der Waals surface area contributed by atoms with Gasteiger partial charge in [0.15, 0.2) is 11.8 Å². The van der Waals surface area contributed by atoms with E-state index in [-0.39, 0.29) is 0 Å². The van der Waals surface area contributed by atoms with Crippen LogP contribution in [0.25, 0.3) is 0 Å². The molecule has 0 saturated carbocycles. The van der Waals surface area contributed by atoms with Gasteiger partial charge < -0.3 is 15.1 Å². The number of anilines is 1. The van der Waals surface area contributed by atoms with E-state index in [9.17, 15) is 0 Å². The predicted octanol–water partition coefficient (Wildman–Crippen LogP) is 3.40. The van der Waals surface area contributed by atoms with Crippen molar-refractivity contribution in [3.05, 3.63) is 64.2 Å². The van der Waals surface area contributed by atoms with E-state index < -0.39 is 0 Å². The second kappa shape index (κ2) is 8.17. The molecule has 0 amide bonds. The highest BCUT2D eigenvalue weighted by Crippen LogP contribution is 2.18. The van der Waals surface area contributed by atoms with Crippen molar-refractivity contribution in [3.63, 3.8) is 0 Å². The Kier molecular flexibility index (Phi) is 5.94. The number of halogens is 1. The number of nitrogens with zero attached hydrogens (tertiary/aromatic N) is 1. The highest BCUT2D eigenvalue weighted by Gasteiger charge is 2.23. The first-order valence-corrected chi connectivity index (χ1v) is 9.52. The molecule has 1 atom stereocenters. The predicted molar refractivity (Wildman–Crippen MR) is 109 cm³/mol. The molecule has 132 valence electrons. The number of hydrogen-bond donors (Lipinski definition) is 2. The molecule has 3 rings (SSSR count). The Morgan fingerprint density at radius 3 is 2.80 bits per heavy atom. The molecule has 0 aliphatic carbocycles. The highest BCUT2D eigenvalue weighted by molar-refractivity contribution is 7.80. The van der Waals surface area contributed by atoms with Gasteiger partial charge in [0.05, 0.1) is 6.54 Å². The number of thiocarbonyl (C=S) groups is 1. The Bertz CT molecular complexity index is 762. The lowest BCUT2D eigenvalue weighted by atomic mass is 10.1. The monoisotopic (exact) mass is 374 g/mol. The molecule has 2 aromatic carbocycles. The van der Waals surface area contributed by atoms with Gasteiger partial charge in [-0.1, -0.05) is 41.9 Å². The number of aryl methyl sites for hydroxylation is 1. The van der Waals surface area contributed by atoms with E-state index in [2.05, 4.69) is 54.4 Å². The van der Waals surface area contributed by atoms with Gasteiger partial charge in [0, 0.05) is 29.2 Å². The number of benzene rings is 2. The van der Waals surface area contributed by atoms with Crippen molar-refractivity contribution in [2.45, 2.75) is 26.8 Å². The van der Waals surface area contributed by atoms with Gasteiger partial charge in [-0.3, -0.25) is 0 Å². The zero-order valence-corrected chi connectivity index (χ0v) is 16.4. The van der Waals surface area contributed by atoms with Gasteiger partial charge in [-0.05, 0) is 49.3 Å². The van der Waals surface area contributed by atoms with E-state index in [1.54, 1.807) is 0 Å². The molecule has 5 heteroatoms. The Labute approximate surface area is 160 Å². The van der Waals surface area contributed by atoms with Crippen molar-refractivity contribution >= 4 is 34.6 Å². The lowest BCUT2D eigenvalue weighted by Gasteiger charge is -2.34. The van der Waals surface area contributed by atoms with Crippen LogP contribution in [0.1, 0.15) is 23.1 Å². The van der Waals surface area contributed by atoms with Crippen molar-refractivity contribution in [1.29, 1.82) is 0 Å². The van der Waals surface area contributed by atoms with Crippen molar-refractivity contribution in [3.8, 4) is 0 Å². The van der Waals surface area contributed by atoms with Crippen molar-refractivity contribution in [2.75, 3.05) is 25.1 Å². The average Bonchev–Trinajstić information content (AvgIpc) is 2.61. The molecular weight excluding hydrogens is 350 g/mol. The molecule has 0 radical (unpaired) electrons. The molecule has 2 aromatic rings. The molecule has 1 fully saturated rings. The van der Waals surface area contributed by atoms with Gasteiger partial charge >= 0.3 is 0 Å². The topological polar surface area (TPSA) is 19.7 Å². The molecule has 1 aliphatic heterocycles. The Hall–Kier alpha value is -1.62. The summed E-state index contributed by atoms with van der Waals surface area (Å²) in [7, 11) is 0. The van der Waals surface area contributed by atoms with Gasteiger partial charge in [-0.15, -0.1) is 0 Å². The van der Waals surface area contributed by atoms with Crippen LogP contribution >= 0.6 is 23.8 Å². The normalized spacial score (nSPS) is 17.4. The number of hydrogen-bond acceptors (Lipinski definition) is 1. The fourth-order valence-corrected chi connectivity index (χ4v) is 3.73. The second-order valence-corrected chi connectivity index (χ2v) is 7.51. The average molecular weight is 375 g/mol. The first-order valence-electron chi connectivity index (χ1n) is 8.73. The minimum Gasteiger partial charge on any atom is -0.332 e. The van der Waals surface area contributed by atoms with E-state index in [0.29, 0.717) is 0 Å². The van der Waals surface area contributed by atoms with E-state index in [1.807, 2.05) is 12.1 Å². The summed E-state index contributed by atoms with van der Waals surface area (Å²) in [6, 6.07) is 14.4. The van der Waals surface area contributed by atoms with Gasteiger partial charge in [-0.25, -0.2) is 0 Å². The molecule has 1 saturated heterocycles. The minimum absolute atomic E-state index is 0.810. The van der Waals surface area contributed by atoms with Gasteiger partial charge in [0.25, 0.3) is 0 Å². The largest absolute Gasteiger partial charge is 0.332 e. The zero-order chi connectivity index (χ0) is 17.8. The molecule has 1 aliphatic rings. The summed E-state index contributed by atoms with van der Waals surface area (Å²) in [6.07, 6.45) is 1.13. The summed E-state index contributed by atoms with van der Waals surface area (Å²) >= 11 is 12.0. The van der Waals surface area contributed by atoms with E-state index in [0.717, 1.165) is 48.5 Å². The third kappa shape index (κ3) is 4.51. The maximum absolute atomic E-state index is 6.32. The first kappa shape index (κ1) is 18.2. The van der Waals surface area contributed by atoms with E-state index in [4.69, 9.17) is 23.8 Å². The molecule has 25 heavy (non-hydrogen) atoms. The lowest BCUT2D eigenvalue weighted by Crippen LogP contribution is -3.13. The fourth-order valence-electron chi connectivity index (χ4n) is 3.26. The van der Waals surface area contributed by atoms with Crippen LogP contribution in [-0.2, 0) is 6.54 Å². The summed E-state index contributed by atoms with van der Waals surface area (Å²) in [5, 5.41) is 5.09. The summed E-state index contributed by atoms with van der Waals surface area (Å²) < 4.78 is 0. The minimum atomic E-state index is 0.810. The number of quaternary nitrogens is 1. The molecule has 1 heterocycles. The number of nitrogens with one attached hydrogen (secondary N) is 2. The van der Waals surface area contributed by atoms with E-state index >= 15 is 0 Å². The van der Waals surface area contributed by atoms with Crippen LogP contribution in [0.4, 0.5) is 5.69 Å². The second-order valence-electron chi connectivity index (χ2n) is 6.72. The third-order valence-corrected chi connectivity index (χ3v) is 5.63. The van der Waals surface area contributed by atoms with Gasteiger partial charge in [0.2, 0.25) is 0 Å². The van der Waals surface area contributed by atoms with Crippen molar-refractivity contribution in [1.82, 2.24) is 4.90 Å². The van der Waals surface area contributed by atoms with Crippen LogP contribution in [-0.4, -0.2) is 29.8 Å². The number of rotatable bonds is 3. The van der Waals surface area contributed by atoms with Gasteiger partial charge in [-0.2, -0.15) is 0 Å².